The Labute approximate surface area is 104 Å². The van der Waals surface area contributed by atoms with Crippen LogP contribution >= 0.6 is 0 Å². The first-order valence-corrected chi connectivity index (χ1v) is 6.25. The van der Waals surface area contributed by atoms with Gasteiger partial charge >= 0.3 is 0 Å². The Bertz CT molecular complexity index is 311. The van der Waals surface area contributed by atoms with Crippen LogP contribution in [0.4, 0.5) is 0 Å². The summed E-state index contributed by atoms with van der Waals surface area (Å²) in [5, 5.41) is 3.53. The molecule has 0 aliphatic rings. The molecule has 17 heavy (non-hydrogen) atoms. The molecule has 0 spiro atoms. The summed E-state index contributed by atoms with van der Waals surface area (Å²) in [4.78, 5) is 0. The third-order valence-electron chi connectivity index (χ3n) is 3.03. The van der Waals surface area contributed by atoms with Gasteiger partial charge in [0, 0.05) is 25.7 Å². The SMILES string of the molecule is CCC(C)NC(CN)c1ccc(COC)cc1. The van der Waals surface area contributed by atoms with Crippen molar-refractivity contribution in [2.75, 3.05) is 13.7 Å². The molecule has 0 saturated heterocycles. The number of rotatable bonds is 7. The topological polar surface area (TPSA) is 47.3 Å². The molecule has 0 fully saturated rings. The maximum Gasteiger partial charge on any atom is 0.0713 e. The van der Waals surface area contributed by atoms with Gasteiger partial charge in [0.25, 0.3) is 0 Å². The normalized spacial score (nSPS) is 14.6. The van der Waals surface area contributed by atoms with Gasteiger partial charge in [-0.2, -0.15) is 0 Å². The summed E-state index contributed by atoms with van der Waals surface area (Å²) in [6, 6.07) is 9.17. The standard InChI is InChI=1S/C14H24N2O/c1-4-11(2)16-14(9-15)13-7-5-12(6-8-13)10-17-3/h5-8,11,14,16H,4,9-10,15H2,1-3H3. The van der Waals surface area contributed by atoms with Crippen molar-refractivity contribution >= 4 is 0 Å². The van der Waals surface area contributed by atoms with Crippen LogP contribution in [-0.4, -0.2) is 19.7 Å². The number of nitrogens with one attached hydrogen (secondary N) is 1. The molecule has 0 aliphatic carbocycles. The average molecular weight is 236 g/mol. The molecule has 0 saturated carbocycles. The fourth-order valence-corrected chi connectivity index (χ4v) is 1.77. The minimum absolute atomic E-state index is 0.238. The van der Waals surface area contributed by atoms with Crippen molar-refractivity contribution in [2.45, 2.75) is 39.0 Å². The summed E-state index contributed by atoms with van der Waals surface area (Å²) >= 11 is 0. The Morgan fingerprint density at radius 1 is 1.29 bits per heavy atom. The second-order valence-electron chi connectivity index (χ2n) is 4.44. The lowest BCUT2D eigenvalue weighted by atomic mass is 10.0. The number of benzene rings is 1. The van der Waals surface area contributed by atoms with Crippen molar-refractivity contribution in [3.8, 4) is 0 Å². The van der Waals surface area contributed by atoms with Crippen LogP contribution in [0, 0.1) is 0 Å². The predicted molar refractivity (Wildman–Crippen MR) is 71.8 cm³/mol. The Morgan fingerprint density at radius 2 is 1.94 bits per heavy atom. The Morgan fingerprint density at radius 3 is 2.41 bits per heavy atom. The molecule has 0 aliphatic heterocycles. The van der Waals surface area contributed by atoms with Gasteiger partial charge in [0.05, 0.1) is 6.61 Å². The maximum absolute atomic E-state index is 5.82. The van der Waals surface area contributed by atoms with E-state index in [1.165, 1.54) is 11.1 Å². The third-order valence-corrected chi connectivity index (χ3v) is 3.03. The summed E-state index contributed by atoms with van der Waals surface area (Å²) in [7, 11) is 1.71. The number of nitrogens with two attached hydrogens (primary N) is 1. The molecule has 2 unspecified atom stereocenters. The fraction of sp³-hybridized carbons (Fsp3) is 0.571. The van der Waals surface area contributed by atoms with E-state index in [0.717, 1.165) is 6.42 Å². The average Bonchev–Trinajstić information content (AvgIpc) is 2.37. The van der Waals surface area contributed by atoms with E-state index in [4.69, 9.17) is 10.5 Å². The molecule has 1 rings (SSSR count). The molecule has 0 amide bonds. The molecule has 1 aromatic carbocycles. The van der Waals surface area contributed by atoms with Crippen LogP contribution in [0.5, 0.6) is 0 Å². The van der Waals surface area contributed by atoms with E-state index in [-0.39, 0.29) is 6.04 Å². The summed E-state index contributed by atoms with van der Waals surface area (Å²) in [6.07, 6.45) is 1.11. The molecule has 0 heterocycles. The minimum Gasteiger partial charge on any atom is -0.380 e. The van der Waals surface area contributed by atoms with Crippen molar-refractivity contribution < 1.29 is 4.74 Å². The van der Waals surface area contributed by atoms with Gasteiger partial charge in [-0.1, -0.05) is 31.2 Å². The van der Waals surface area contributed by atoms with E-state index in [9.17, 15) is 0 Å². The number of hydrogen-bond donors (Lipinski definition) is 2. The highest BCUT2D eigenvalue weighted by Gasteiger charge is 2.11. The monoisotopic (exact) mass is 236 g/mol. The fourth-order valence-electron chi connectivity index (χ4n) is 1.77. The Balaban J connectivity index is 2.68. The Hall–Kier alpha value is -0.900. The second kappa shape index (κ2) is 7.43. The van der Waals surface area contributed by atoms with Gasteiger partial charge in [0.1, 0.15) is 0 Å². The predicted octanol–water partition coefficient (Wildman–Crippen LogP) is 2.22. The van der Waals surface area contributed by atoms with Gasteiger partial charge in [-0.25, -0.2) is 0 Å². The lowest BCUT2D eigenvalue weighted by molar-refractivity contribution is 0.185. The number of methoxy groups -OCH3 is 1. The van der Waals surface area contributed by atoms with Crippen molar-refractivity contribution in [2.24, 2.45) is 5.73 Å². The van der Waals surface area contributed by atoms with Crippen molar-refractivity contribution in [1.82, 2.24) is 5.32 Å². The number of hydrogen-bond acceptors (Lipinski definition) is 3. The molecule has 0 aromatic heterocycles. The molecular weight excluding hydrogens is 212 g/mol. The maximum atomic E-state index is 5.82. The highest BCUT2D eigenvalue weighted by atomic mass is 16.5. The minimum atomic E-state index is 0.238. The lowest BCUT2D eigenvalue weighted by Gasteiger charge is -2.21. The molecule has 0 bridgehead atoms. The molecule has 96 valence electrons. The highest BCUT2D eigenvalue weighted by Crippen LogP contribution is 2.14. The van der Waals surface area contributed by atoms with E-state index in [0.29, 0.717) is 19.2 Å². The van der Waals surface area contributed by atoms with E-state index in [1.807, 2.05) is 0 Å². The van der Waals surface area contributed by atoms with Crippen molar-refractivity contribution in [3.05, 3.63) is 35.4 Å². The first kappa shape index (κ1) is 14.2. The molecule has 3 N–H and O–H groups in total. The van der Waals surface area contributed by atoms with Gasteiger partial charge in [-0.05, 0) is 24.5 Å². The second-order valence-corrected chi connectivity index (χ2v) is 4.44. The van der Waals surface area contributed by atoms with Gasteiger partial charge in [0.2, 0.25) is 0 Å². The lowest BCUT2D eigenvalue weighted by Crippen LogP contribution is -2.34. The summed E-state index contributed by atoms with van der Waals surface area (Å²) in [5.74, 6) is 0. The van der Waals surface area contributed by atoms with Crippen molar-refractivity contribution in [3.63, 3.8) is 0 Å². The van der Waals surface area contributed by atoms with Crippen LogP contribution in [0.2, 0.25) is 0 Å². The summed E-state index contributed by atoms with van der Waals surface area (Å²) < 4.78 is 5.10. The van der Waals surface area contributed by atoms with Gasteiger partial charge in [-0.3, -0.25) is 0 Å². The molecule has 0 radical (unpaired) electrons. The first-order chi connectivity index (χ1) is 8.21. The van der Waals surface area contributed by atoms with Crippen molar-refractivity contribution in [1.29, 1.82) is 0 Å². The number of ether oxygens (including phenoxy) is 1. The zero-order valence-corrected chi connectivity index (χ0v) is 11.1. The quantitative estimate of drug-likeness (QED) is 0.763. The molecular formula is C14H24N2O. The van der Waals surface area contributed by atoms with Crippen LogP contribution in [0.15, 0.2) is 24.3 Å². The molecule has 2 atom stereocenters. The van der Waals surface area contributed by atoms with Gasteiger partial charge in [-0.15, -0.1) is 0 Å². The van der Waals surface area contributed by atoms with Crippen LogP contribution in [0.3, 0.4) is 0 Å². The zero-order chi connectivity index (χ0) is 12.7. The highest BCUT2D eigenvalue weighted by molar-refractivity contribution is 5.25. The van der Waals surface area contributed by atoms with E-state index >= 15 is 0 Å². The van der Waals surface area contributed by atoms with Crippen LogP contribution in [-0.2, 0) is 11.3 Å². The summed E-state index contributed by atoms with van der Waals surface area (Å²) in [6.45, 7) is 5.63. The zero-order valence-electron chi connectivity index (χ0n) is 11.1. The Kier molecular flexibility index (Phi) is 6.19. The smallest absolute Gasteiger partial charge is 0.0713 e. The van der Waals surface area contributed by atoms with Crippen LogP contribution in [0.1, 0.15) is 37.4 Å². The van der Waals surface area contributed by atoms with Crippen LogP contribution in [0.25, 0.3) is 0 Å². The molecule has 3 heteroatoms. The van der Waals surface area contributed by atoms with E-state index in [1.54, 1.807) is 7.11 Å². The van der Waals surface area contributed by atoms with E-state index in [2.05, 4.69) is 43.4 Å². The van der Waals surface area contributed by atoms with Gasteiger partial charge < -0.3 is 15.8 Å². The first-order valence-electron chi connectivity index (χ1n) is 6.25. The largest absolute Gasteiger partial charge is 0.380 e. The summed E-state index contributed by atoms with van der Waals surface area (Å²) in [5.41, 5.74) is 8.25. The third kappa shape index (κ3) is 4.46. The van der Waals surface area contributed by atoms with E-state index < -0.39 is 0 Å². The molecule has 1 aromatic rings. The van der Waals surface area contributed by atoms with Gasteiger partial charge in [0.15, 0.2) is 0 Å². The molecule has 3 nitrogen and oxygen atoms in total. The van der Waals surface area contributed by atoms with Crippen LogP contribution < -0.4 is 11.1 Å².